The topological polar surface area (TPSA) is 124 Å². The highest BCUT2D eigenvalue weighted by Gasteiger charge is 2.43. The zero-order valence-electron chi connectivity index (χ0n) is 21.0. The summed E-state index contributed by atoms with van der Waals surface area (Å²) in [6.45, 7) is 2.95. The maximum atomic E-state index is 12.8. The van der Waals surface area contributed by atoms with E-state index in [2.05, 4.69) is 24.1 Å². The molecule has 2 unspecified atom stereocenters. The molecule has 0 spiro atoms. The van der Waals surface area contributed by atoms with Crippen LogP contribution >= 0.6 is 0 Å². The first-order valence-electron chi connectivity index (χ1n) is 13.1. The van der Waals surface area contributed by atoms with E-state index in [0.717, 1.165) is 25.7 Å². The molecule has 0 aliphatic carbocycles. The summed E-state index contributed by atoms with van der Waals surface area (Å²) in [7, 11) is -4.33. The number of ketones is 1. The van der Waals surface area contributed by atoms with E-state index in [1.807, 2.05) is 0 Å². The van der Waals surface area contributed by atoms with Gasteiger partial charge in [-0.1, -0.05) is 64.0 Å². The molecule has 0 aromatic heterocycles. The molecule has 2 atom stereocenters. The number of allylic oxidation sites excluding steroid dienone is 2. The maximum absolute atomic E-state index is 12.8. The summed E-state index contributed by atoms with van der Waals surface area (Å²) in [4.78, 5) is 17.2. The third-order valence-corrected chi connectivity index (χ3v) is 7.20. The summed E-state index contributed by atoms with van der Waals surface area (Å²) in [5.41, 5.74) is 0. The van der Waals surface area contributed by atoms with E-state index in [1.54, 1.807) is 0 Å². The van der Waals surface area contributed by atoms with Gasteiger partial charge in [0.15, 0.2) is 0 Å². The van der Waals surface area contributed by atoms with Crippen molar-refractivity contribution in [1.82, 2.24) is 0 Å². The van der Waals surface area contributed by atoms with Crippen molar-refractivity contribution < 1.29 is 32.5 Å². The van der Waals surface area contributed by atoms with Gasteiger partial charge in [0.2, 0.25) is 5.78 Å². The molecule has 198 valence electrons. The molecule has 0 amide bonds. The van der Waals surface area contributed by atoms with Crippen LogP contribution in [0.25, 0.3) is 0 Å². The molecule has 1 aliphatic rings. The minimum atomic E-state index is -4.33. The van der Waals surface area contributed by atoms with E-state index < -0.39 is 22.0 Å². The first-order valence-corrected chi connectivity index (χ1v) is 14.7. The number of aliphatic hydroxyl groups is 2. The highest BCUT2D eigenvalue weighted by Crippen LogP contribution is 2.20. The van der Waals surface area contributed by atoms with Gasteiger partial charge in [0.05, 0.1) is 13.2 Å². The quantitative estimate of drug-likeness (QED) is 0.0950. The molecule has 0 saturated heterocycles. The molecule has 34 heavy (non-hydrogen) atoms. The number of aliphatic hydroxyl groups excluding tert-OH is 2. The fourth-order valence-electron chi connectivity index (χ4n) is 4.62. The normalized spacial score (nSPS) is 19.6. The lowest BCUT2D eigenvalue weighted by Crippen LogP contribution is -2.59. The number of hydrogen-bond acceptors (Lipinski definition) is 6. The second-order valence-electron chi connectivity index (χ2n) is 9.51. The second kappa shape index (κ2) is 17.3. The fourth-order valence-corrected chi connectivity index (χ4v) is 5.22. The lowest BCUT2D eigenvalue weighted by molar-refractivity contribution is -0.837. The van der Waals surface area contributed by atoms with Gasteiger partial charge in [-0.05, 0) is 32.1 Å². The van der Waals surface area contributed by atoms with Gasteiger partial charge in [-0.15, -0.1) is 0 Å². The zero-order chi connectivity index (χ0) is 25.3. The Balaban J connectivity index is 2.28. The number of aliphatic imine (C=N–C) groups is 1. The van der Waals surface area contributed by atoms with Crippen LogP contribution in [0.2, 0.25) is 0 Å². The highest BCUT2D eigenvalue weighted by atomic mass is 32.2. The Morgan fingerprint density at radius 1 is 1.03 bits per heavy atom. The number of carbonyl (C=O) groups is 1. The zero-order valence-corrected chi connectivity index (χ0v) is 21.9. The lowest BCUT2D eigenvalue weighted by atomic mass is 10.0. The summed E-state index contributed by atoms with van der Waals surface area (Å²) >= 11 is 0. The minimum absolute atomic E-state index is 0.0287. The van der Waals surface area contributed by atoms with Crippen LogP contribution in [0.5, 0.6) is 0 Å². The molecule has 0 fully saturated rings. The standard InChI is InChI=1S/C25H46N2O6S/c1-2-3-4-5-6-7-8-9-10-11-12-13-14-15-16-24(30)25-26-17-18-27(25,19-20-28)21-23(29)22-34(31,32)33/h6-7,23,28-29H,2-5,8-22H2,1H3/p+1/b7-6+. The molecule has 1 aliphatic heterocycles. The molecule has 9 heteroatoms. The molecule has 0 aromatic carbocycles. The third kappa shape index (κ3) is 13.1. The van der Waals surface area contributed by atoms with Gasteiger partial charge >= 0.3 is 0 Å². The van der Waals surface area contributed by atoms with E-state index in [9.17, 15) is 23.4 Å². The van der Waals surface area contributed by atoms with E-state index in [0.29, 0.717) is 25.3 Å². The SMILES string of the molecule is CCCCC/C=C/CCCCCCCCCC(=O)C1=NCC[N+]1(CCO)CC(O)CS(=O)(=O)O. The third-order valence-electron chi connectivity index (χ3n) is 6.40. The molecule has 8 nitrogen and oxygen atoms in total. The number of nitrogens with zero attached hydrogens (tertiary/aromatic N) is 2. The average molecular weight is 504 g/mol. The molecule has 3 N–H and O–H groups in total. The van der Waals surface area contributed by atoms with Gasteiger partial charge in [-0.3, -0.25) is 13.8 Å². The van der Waals surface area contributed by atoms with Crippen molar-refractivity contribution in [2.45, 2.75) is 96.5 Å². The predicted molar refractivity (Wildman–Crippen MR) is 137 cm³/mol. The average Bonchev–Trinajstić information content (AvgIpc) is 3.15. The van der Waals surface area contributed by atoms with E-state index in [-0.39, 0.29) is 30.0 Å². The predicted octanol–water partition coefficient (Wildman–Crippen LogP) is 3.67. The maximum Gasteiger partial charge on any atom is 0.267 e. The Kier molecular flexibility index (Phi) is 15.7. The number of rotatable bonds is 21. The molecule has 0 radical (unpaired) electrons. The number of unbranched alkanes of at least 4 members (excludes halogenated alkanes) is 10. The van der Waals surface area contributed by atoms with Crippen molar-refractivity contribution in [3.05, 3.63) is 12.2 Å². The Hall–Kier alpha value is -1.13. The molecular weight excluding hydrogens is 456 g/mol. The van der Waals surface area contributed by atoms with Crippen LogP contribution in [0.4, 0.5) is 0 Å². The summed E-state index contributed by atoms with van der Waals surface area (Å²) in [5, 5.41) is 19.6. The molecule has 0 bridgehead atoms. The molecule has 0 aromatic rings. The Bertz CT molecular complexity index is 738. The molecular formula is C25H47N2O6S+. The fraction of sp³-hybridized carbons (Fsp3) is 0.840. The molecule has 0 saturated carbocycles. The van der Waals surface area contributed by atoms with Crippen LogP contribution in [-0.2, 0) is 14.9 Å². The Morgan fingerprint density at radius 2 is 1.62 bits per heavy atom. The largest absolute Gasteiger partial charge is 0.390 e. The first-order chi connectivity index (χ1) is 16.2. The van der Waals surface area contributed by atoms with Crippen LogP contribution in [0, 0.1) is 0 Å². The van der Waals surface area contributed by atoms with E-state index >= 15 is 0 Å². The lowest BCUT2D eigenvalue weighted by Gasteiger charge is -2.34. The summed E-state index contributed by atoms with van der Waals surface area (Å²) in [6, 6.07) is 0. The number of amidine groups is 1. The monoisotopic (exact) mass is 503 g/mol. The van der Waals surface area contributed by atoms with Gasteiger partial charge < -0.3 is 10.2 Å². The second-order valence-corrected chi connectivity index (χ2v) is 11.0. The van der Waals surface area contributed by atoms with Crippen molar-refractivity contribution in [2.75, 3.05) is 38.5 Å². The van der Waals surface area contributed by atoms with Crippen LogP contribution < -0.4 is 0 Å². The van der Waals surface area contributed by atoms with Crippen LogP contribution in [0.1, 0.15) is 90.4 Å². The van der Waals surface area contributed by atoms with Gasteiger partial charge in [0.25, 0.3) is 16.0 Å². The van der Waals surface area contributed by atoms with Gasteiger partial charge in [0, 0.05) is 6.42 Å². The van der Waals surface area contributed by atoms with E-state index in [4.69, 9.17) is 4.55 Å². The summed E-state index contributed by atoms with van der Waals surface area (Å²) in [6.07, 6.45) is 17.6. The minimum Gasteiger partial charge on any atom is -0.390 e. The number of Topliss-reactive ketones (excluding diaryl/α,β-unsaturated/α-hetero) is 1. The Labute approximate surface area is 206 Å². The van der Waals surface area contributed by atoms with Crippen molar-refractivity contribution in [3.8, 4) is 0 Å². The highest BCUT2D eigenvalue weighted by molar-refractivity contribution is 7.85. The number of hydrogen-bond donors (Lipinski definition) is 3. The van der Waals surface area contributed by atoms with Crippen molar-refractivity contribution in [1.29, 1.82) is 0 Å². The number of quaternary nitrogens is 1. The summed E-state index contributed by atoms with van der Waals surface area (Å²) in [5.74, 6) is -0.586. The van der Waals surface area contributed by atoms with Crippen LogP contribution in [0.15, 0.2) is 17.1 Å². The van der Waals surface area contributed by atoms with Gasteiger partial charge in [-0.2, -0.15) is 8.42 Å². The molecule has 1 rings (SSSR count). The van der Waals surface area contributed by atoms with Crippen molar-refractivity contribution in [2.24, 2.45) is 4.99 Å². The van der Waals surface area contributed by atoms with E-state index in [1.165, 1.54) is 51.4 Å². The van der Waals surface area contributed by atoms with Gasteiger partial charge in [0.1, 0.15) is 31.5 Å². The van der Waals surface area contributed by atoms with Crippen LogP contribution in [-0.4, -0.2) is 83.9 Å². The van der Waals surface area contributed by atoms with Crippen molar-refractivity contribution >= 4 is 21.7 Å². The summed E-state index contributed by atoms with van der Waals surface area (Å²) < 4.78 is 31.2. The molecule has 1 heterocycles. The van der Waals surface area contributed by atoms with Crippen LogP contribution in [0.3, 0.4) is 0 Å². The van der Waals surface area contributed by atoms with Crippen molar-refractivity contribution in [3.63, 3.8) is 0 Å². The number of carbonyl (C=O) groups excluding carboxylic acids is 1. The van der Waals surface area contributed by atoms with Gasteiger partial charge in [-0.25, -0.2) is 4.99 Å². The smallest absolute Gasteiger partial charge is 0.267 e. The Morgan fingerprint density at radius 3 is 2.21 bits per heavy atom. The first kappa shape index (κ1) is 30.9.